The summed E-state index contributed by atoms with van der Waals surface area (Å²) >= 11 is 0. The average Bonchev–Trinajstić information content (AvgIpc) is 3.27. The Kier molecular flexibility index (Phi) is 4.65. The van der Waals surface area contributed by atoms with Gasteiger partial charge in [0.25, 0.3) is 0 Å². The molecule has 0 spiro atoms. The number of anilines is 2. The van der Waals surface area contributed by atoms with Crippen LogP contribution in [0.2, 0.25) is 0 Å². The third kappa shape index (κ3) is 3.22. The van der Waals surface area contributed by atoms with Crippen LogP contribution in [0.4, 0.5) is 11.5 Å². The highest BCUT2D eigenvalue weighted by Gasteiger charge is 2.32. The van der Waals surface area contributed by atoms with E-state index in [0.29, 0.717) is 32.7 Å². The van der Waals surface area contributed by atoms with Gasteiger partial charge in [-0.2, -0.15) is 5.10 Å². The standard InChI is InChI=1S/C22H23N7O2/c1-3-19(30)27-6-8-28(9-7-27)22-15-10-20(31)29(12-18(15)23-13-24-22)21-14(2)4-5-17-16(21)11-25-26-17/h3-5,11,13H,1,6-10,12H2,2H3,(H,25,26). The zero-order valence-corrected chi connectivity index (χ0v) is 17.3. The minimum atomic E-state index is -0.0565. The minimum Gasteiger partial charge on any atom is -0.353 e. The van der Waals surface area contributed by atoms with Gasteiger partial charge in [-0.15, -0.1) is 0 Å². The molecule has 31 heavy (non-hydrogen) atoms. The molecule has 1 aromatic carbocycles. The number of nitrogens with one attached hydrogen (secondary N) is 1. The van der Waals surface area contributed by atoms with Crippen molar-refractivity contribution < 1.29 is 9.59 Å². The molecule has 1 saturated heterocycles. The Labute approximate surface area is 179 Å². The van der Waals surface area contributed by atoms with Crippen LogP contribution in [-0.2, 0) is 22.6 Å². The number of piperazine rings is 1. The van der Waals surface area contributed by atoms with E-state index in [4.69, 9.17) is 0 Å². The van der Waals surface area contributed by atoms with E-state index in [1.807, 2.05) is 19.1 Å². The van der Waals surface area contributed by atoms with E-state index in [1.165, 1.54) is 6.08 Å². The molecule has 0 bridgehead atoms. The van der Waals surface area contributed by atoms with E-state index >= 15 is 0 Å². The Morgan fingerprint density at radius 1 is 1.19 bits per heavy atom. The molecule has 9 nitrogen and oxygen atoms in total. The lowest BCUT2D eigenvalue weighted by Gasteiger charge is -2.37. The van der Waals surface area contributed by atoms with Crippen molar-refractivity contribution in [2.75, 3.05) is 36.0 Å². The number of H-pyrrole nitrogens is 1. The smallest absolute Gasteiger partial charge is 0.246 e. The van der Waals surface area contributed by atoms with Crippen LogP contribution in [0, 0.1) is 6.92 Å². The second-order valence-corrected chi connectivity index (χ2v) is 7.86. The van der Waals surface area contributed by atoms with Crippen molar-refractivity contribution in [3.63, 3.8) is 0 Å². The van der Waals surface area contributed by atoms with Crippen LogP contribution in [0.15, 0.2) is 37.3 Å². The van der Waals surface area contributed by atoms with Gasteiger partial charge < -0.3 is 14.7 Å². The second kappa shape index (κ2) is 7.50. The molecule has 3 aromatic rings. The molecular formula is C22H23N7O2. The fraction of sp³-hybridized carbons (Fsp3) is 0.318. The summed E-state index contributed by atoms with van der Waals surface area (Å²) in [7, 11) is 0. The molecule has 2 amide bonds. The maximum Gasteiger partial charge on any atom is 0.246 e. The number of amides is 2. The van der Waals surface area contributed by atoms with E-state index in [0.717, 1.165) is 39.2 Å². The Balaban J connectivity index is 1.45. The lowest BCUT2D eigenvalue weighted by molar-refractivity contribution is -0.126. The van der Waals surface area contributed by atoms with E-state index < -0.39 is 0 Å². The van der Waals surface area contributed by atoms with Gasteiger partial charge in [-0.3, -0.25) is 14.7 Å². The molecule has 1 fully saturated rings. The zero-order valence-electron chi connectivity index (χ0n) is 17.3. The predicted molar refractivity (Wildman–Crippen MR) is 117 cm³/mol. The number of aryl methyl sites for hydroxylation is 1. The third-order valence-corrected chi connectivity index (χ3v) is 6.08. The number of aromatic nitrogens is 4. The maximum atomic E-state index is 13.2. The number of aromatic amines is 1. The molecule has 158 valence electrons. The largest absolute Gasteiger partial charge is 0.353 e. The molecule has 2 aliphatic heterocycles. The summed E-state index contributed by atoms with van der Waals surface area (Å²) in [5.41, 5.74) is 4.52. The van der Waals surface area contributed by atoms with Crippen molar-refractivity contribution in [3.8, 4) is 0 Å². The summed E-state index contributed by atoms with van der Waals surface area (Å²) < 4.78 is 0. The molecule has 2 aromatic heterocycles. The van der Waals surface area contributed by atoms with Crippen LogP contribution >= 0.6 is 0 Å². The summed E-state index contributed by atoms with van der Waals surface area (Å²) in [6, 6.07) is 3.97. The molecule has 5 rings (SSSR count). The number of carbonyl (C=O) groups excluding carboxylic acids is 2. The number of nitrogens with zero attached hydrogens (tertiary/aromatic N) is 6. The van der Waals surface area contributed by atoms with Gasteiger partial charge in [-0.05, 0) is 24.6 Å². The minimum absolute atomic E-state index is 0.0146. The van der Waals surface area contributed by atoms with Gasteiger partial charge in [0.1, 0.15) is 12.1 Å². The van der Waals surface area contributed by atoms with E-state index in [-0.39, 0.29) is 18.2 Å². The number of fused-ring (bicyclic) bond motifs is 2. The molecule has 0 radical (unpaired) electrons. The Hall–Kier alpha value is -3.75. The fourth-order valence-electron chi connectivity index (χ4n) is 4.45. The highest BCUT2D eigenvalue weighted by Crippen LogP contribution is 2.35. The van der Waals surface area contributed by atoms with Crippen LogP contribution in [0.5, 0.6) is 0 Å². The first-order valence-electron chi connectivity index (χ1n) is 10.3. The van der Waals surface area contributed by atoms with E-state index in [9.17, 15) is 9.59 Å². The lowest BCUT2D eigenvalue weighted by atomic mass is 10.0. The molecule has 0 unspecified atom stereocenters. The summed E-state index contributed by atoms with van der Waals surface area (Å²) in [6.45, 7) is 8.48. The normalized spacial score (nSPS) is 16.5. The molecule has 2 aliphatic rings. The molecule has 0 aliphatic carbocycles. The maximum absolute atomic E-state index is 13.2. The summed E-state index contributed by atoms with van der Waals surface area (Å²) in [5, 5.41) is 8.04. The van der Waals surface area contributed by atoms with Gasteiger partial charge in [-0.25, -0.2) is 9.97 Å². The van der Waals surface area contributed by atoms with Crippen molar-refractivity contribution in [2.45, 2.75) is 19.9 Å². The van der Waals surface area contributed by atoms with Crippen LogP contribution in [0.1, 0.15) is 16.8 Å². The topological polar surface area (TPSA) is 98.3 Å². The number of hydrogen-bond acceptors (Lipinski definition) is 6. The Morgan fingerprint density at radius 2 is 2.00 bits per heavy atom. The first-order valence-corrected chi connectivity index (χ1v) is 10.3. The highest BCUT2D eigenvalue weighted by atomic mass is 16.2. The number of benzene rings is 1. The summed E-state index contributed by atoms with van der Waals surface area (Å²) in [6.07, 6.45) is 4.91. The van der Waals surface area contributed by atoms with Gasteiger partial charge in [0.2, 0.25) is 11.8 Å². The van der Waals surface area contributed by atoms with Gasteiger partial charge in [0, 0.05) is 37.1 Å². The van der Waals surface area contributed by atoms with Crippen molar-refractivity contribution in [1.82, 2.24) is 25.1 Å². The van der Waals surface area contributed by atoms with Gasteiger partial charge in [0.05, 0.1) is 36.1 Å². The van der Waals surface area contributed by atoms with Crippen molar-refractivity contribution in [3.05, 3.63) is 54.1 Å². The highest BCUT2D eigenvalue weighted by molar-refractivity contribution is 6.05. The molecule has 4 heterocycles. The Morgan fingerprint density at radius 3 is 2.77 bits per heavy atom. The monoisotopic (exact) mass is 417 g/mol. The van der Waals surface area contributed by atoms with E-state index in [2.05, 4.69) is 31.6 Å². The van der Waals surface area contributed by atoms with Gasteiger partial charge >= 0.3 is 0 Å². The molecular weight excluding hydrogens is 394 g/mol. The molecule has 9 heteroatoms. The molecule has 0 saturated carbocycles. The first-order chi connectivity index (χ1) is 15.1. The van der Waals surface area contributed by atoms with Crippen LogP contribution in [0.3, 0.4) is 0 Å². The van der Waals surface area contributed by atoms with Crippen LogP contribution in [-0.4, -0.2) is 63.1 Å². The number of carbonyl (C=O) groups is 2. The van der Waals surface area contributed by atoms with Crippen molar-refractivity contribution in [2.24, 2.45) is 0 Å². The summed E-state index contributed by atoms with van der Waals surface area (Å²) in [5.74, 6) is 0.752. The van der Waals surface area contributed by atoms with E-state index in [1.54, 1.807) is 22.3 Å². The summed E-state index contributed by atoms with van der Waals surface area (Å²) in [4.78, 5) is 39.8. The lowest BCUT2D eigenvalue weighted by Crippen LogP contribution is -2.49. The average molecular weight is 417 g/mol. The number of hydrogen-bond donors (Lipinski definition) is 1. The van der Waals surface area contributed by atoms with Gasteiger partial charge in [-0.1, -0.05) is 12.6 Å². The third-order valence-electron chi connectivity index (χ3n) is 6.08. The molecule has 0 atom stereocenters. The first kappa shape index (κ1) is 19.2. The number of rotatable bonds is 3. The van der Waals surface area contributed by atoms with Crippen LogP contribution in [0.25, 0.3) is 10.9 Å². The fourth-order valence-corrected chi connectivity index (χ4v) is 4.45. The predicted octanol–water partition coefficient (Wildman–Crippen LogP) is 1.59. The van der Waals surface area contributed by atoms with Crippen molar-refractivity contribution in [1.29, 1.82) is 0 Å². The zero-order chi connectivity index (χ0) is 21.5. The SMILES string of the molecule is C=CC(=O)N1CCN(c2ncnc3c2CC(=O)N(c2c(C)ccc4[nH]ncc24)C3)CC1. The van der Waals surface area contributed by atoms with Crippen LogP contribution < -0.4 is 9.80 Å². The Bertz CT molecular complexity index is 1190. The molecule has 1 N–H and O–H groups in total. The van der Waals surface area contributed by atoms with Gasteiger partial charge in [0.15, 0.2) is 0 Å². The quantitative estimate of drug-likeness (QED) is 0.650. The second-order valence-electron chi connectivity index (χ2n) is 7.86. The van der Waals surface area contributed by atoms with Crippen molar-refractivity contribution >= 4 is 34.2 Å².